The first-order valence-corrected chi connectivity index (χ1v) is 6.05. The van der Waals surface area contributed by atoms with Crippen molar-refractivity contribution in [1.29, 1.82) is 0 Å². The highest BCUT2D eigenvalue weighted by Gasteiger charge is 2.11. The number of carboxylic acids is 1. The van der Waals surface area contributed by atoms with Crippen LogP contribution in [0, 0.1) is 0 Å². The summed E-state index contributed by atoms with van der Waals surface area (Å²) < 4.78 is 0. The minimum absolute atomic E-state index is 0.0662. The van der Waals surface area contributed by atoms with E-state index in [2.05, 4.69) is 5.32 Å². The lowest BCUT2D eigenvalue weighted by atomic mass is 10.1. The first kappa shape index (κ1) is 13.9. The molecule has 0 aliphatic rings. The molecule has 2 rings (SSSR count). The third-order valence-corrected chi connectivity index (χ3v) is 2.90. The minimum Gasteiger partial charge on any atom is -0.478 e. The molecule has 4 N–H and O–H groups in total. The van der Waals surface area contributed by atoms with Crippen LogP contribution in [-0.2, 0) is 0 Å². The fraction of sp³-hybridized carbons (Fsp3) is 0. The van der Waals surface area contributed by atoms with Crippen molar-refractivity contribution in [2.75, 3.05) is 5.32 Å². The van der Waals surface area contributed by atoms with Gasteiger partial charge in [-0.25, -0.2) is 4.79 Å². The van der Waals surface area contributed by atoms with Crippen molar-refractivity contribution < 1.29 is 14.7 Å². The number of carbonyl (C=O) groups excluding carboxylic acids is 1. The number of nitrogens with one attached hydrogen (secondary N) is 1. The van der Waals surface area contributed by atoms with Gasteiger partial charge in [0, 0.05) is 16.3 Å². The van der Waals surface area contributed by atoms with Crippen molar-refractivity contribution in [2.45, 2.75) is 0 Å². The van der Waals surface area contributed by atoms with Gasteiger partial charge >= 0.3 is 5.97 Å². The topological polar surface area (TPSA) is 92.4 Å². The van der Waals surface area contributed by atoms with E-state index in [1.54, 1.807) is 36.4 Å². The molecule has 2 aromatic carbocycles. The SMILES string of the molecule is NC(=O)c1ccc(Nc2ccc(Cl)cc2C(=O)O)cc1. The molecule has 0 saturated carbocycles. The molecule has 0 bridgehead atoms. The molecule has 0 aliphatic heterocycles. The number of carboxylic acid groups (broad SMARTS) is 1. The van der Waals surface area contributed by atoms with Gasteiger partial charge in [0.1, 0.15) is 0 Å². The summed E-state index contributed by atoms with van der Waals surface area (Å²) in [5.74, 6) is -1.60. The second-order valence-electron chi connectivity index (χ2n) is 4.06. The van der Waals surface area contributed by atoms with Crippen molar-refractivity contribution in [1.82, 2.24) is 0 Å². The number of carbonyl (C=O) groups is 2. The van der Waals surface area contributed by atoms with E-state index >= 15 is 0 Å². The van der Waals surface area contributed by atoms with Gasteiger partial charge in [-0.3, -0.25) is 4.79 Å². The minimum atomic E-state index is -1.08. The molecule has 20 heavy (non-hydrogen) atoms. The smallest absolute Gasteiger partial charge is 0.337 e. The molecule has 2 aromatic rings. The van der Waals surface area contributed by atoms with Crippen molar-refractivity contribution in [3.05, 3.63) is 58.6 Å². The highest BCUT2D eigenvalue weighted by atomic mass is 35.5. The van der Waals surface area contributed by atoms with E-state index in [1.165, 1.54) is 6.07 Å². The van der Waals surface area contributed by atoms with Crippen LogP contribution in [0.1, 0.15) is 20.7 Å². The molecule has 0 fully saturated rings. The van der Waals surface area contributed by atoms with E-state index in [4.69, 9.17) is 22.4 Å². The zero-order chi connectivity index (χ0) is 14.7. The molecule has 5 nitrogen and oxygen atoms in total. The van der Waals surface area contributed by atoms with Gasteiger partial charge in [-0.2, -0.15) is 0 Å². The fourth-order valence-electron chi connectivity index (χ4n) is 1.68. The van der Waals surface area contributed by atoms with Crippen LogP contribution in [-0.4, -0.2) is 17.0 Å². The zero-order valence-corrected chi connectivity index (χ0v) is 11.0. The first-order valence-electron chi connectivity index (χ1n) is 5.67. The average molecular weight is 291 g/mol. The number of nitrogens with two attached hydrogens (primary N) is 1. The molecule has 1 amide bonds. The second-order valence-corrected chi connectivity index (χ2v) is 4.50. The summed E-state index contributed by atoms with van der Waals surface area (Å²) in [6.45, 7) is 0. The number of primary amides is 1. The van der Waals surface area contributed by atoms with Crippen LogP contribution in [0.2, 0.25) is 5.02 Å². The van der Waals surface area contributed by atoms with E-state index in [-0.39, 0.29) is 5.56 Å². The molecular formula is C14H11ClN2O3. The number of hydrogen-bond acceptors (Lipinski definition) is 3. The van der Waals surface area contributed by atoms with Crippen molar-refractivity contribution in [2.24, 2.45) is 5.73 Å². The number of aromatic carboxylic acids is 1. The zero-order valence-electron chi connectivity index (χ0n) is 10.3. The first-order chi connectivity index (χ1) is 9.47. The van der Waals surface area contributed by atoms with Crippen LogP contribution in [0.15, 0.2) is 42.5 Å². The summed E-state index contributed by atoms with van der Waals surface area (Å²) in [6, 6.07) is 10.9. The van der Waals surface area contributed by atoms with E-state index in [0.29, 0.717) is 22.0 Å². The van der Waals surface area contributed by atoms with Crippen LogP contribution in [0.4, 0.5) is 11.4 Å². The normalized spacial score (nSPS) is 10.1. The maximum absolute atomic E-state index is 11.1. The number of halogens is 1. The van der Waals surface area contributed by atoms with Crippen LogP contribution < -0.4 is 11.1 Å². The number of hydrogen-bond donors (Lipinski definition) is 3. The molecule has 0 unspecified atom stereocenters. The predicted molar refractivity (Wildman–Crippen MR) is 76.7 cm³/mol. The summed E-state index contributed by atoms with van der Waals surface area (Å²) in [5, 5.41) is 12.4. The van der Waals surface area contributed by atoms with Gasteiger partial charge in [-0.05, 0) is 42.5 Å². The Hall–Kier alpha value is -2.53. The third kappa shape index (κ3) is 3.07. The Morgan fingerprint density at radius 2 is 1.75 bits per heavy atom. The summed E-state index contributed by atoms with van der Waals surface area (Å²) in [7, 11) is 0. The van der Waals surface area contributed by atoms with E-state index in [1.807, 2.05) is 0 Å². The number of anilines is 2. The highest BCUT2D eigenvalue weighted by Crippen LogP contribution is 2.24. The van der Waals surface area contributed by atoms with Gasteiger partial charge in [0.15, 0.2) is 0 Å². The summed E-state index contributed by atoms with van der Waals surface area (Å²) >= 11 is 5.78. The van der Waals surface area contributed by atoms with Gasteiger partial charge in [0.2, 0.25) is 5.91 Å². The molecule has 102 valence electrons. The van der Waals surface area contributed by atoms with Gasteiger partial charge in [-0.15, -0.1) is 0 Å². The lowest BCUT2D eigenvalue weighted by Gasteiger charge is -2.10. The molecule has 0 atom stereocenters. The Morgan fingerprint density at radius 3 is 2.30 bits per heavy atom. The van der Waals surface area contributed by atoms with Gasteiger partial charge in [0.25, 0.3) is 0 Å². The van der Waals surface area contributed by atoms with E-state index < -0.39 is 11.9 Å². The third-order valence-electron chi connectivity index (χ3n) is 2.66. The average Bonchev–Trinajstić information content (AvgIpc) is 2.41. The van der Waals surface area contributed by atoms with Gasteiger partial charge < -0.3 is 16.2 Å². The standard InChI is InChI=1S/C14H11ClN2O3/c15-9-3-6-12(11(7-9)14(19)20)17-10-4-1-8(2-5-10)13(16)18/h1-7,17H,(H2,16,18)(H,19,20). The second kappa shape index (κ2) is 5.63. The molecule has 0 spiro atoms. The Bertz CT molecular complexity index is 669. The van der Waals surface area contributed by atoms with Crippen LogP contribution in [0.5, 0.6) is 0 Å². The number of rotatable bonds is 4. The Kier molecular flexibility index (Phi) is 3.91. The van der Waals surface area contributed by atoms with Crippen molar-refractivity contribution in [3.63, 3.8) is 0 Å². The Labute approximate surface area is 120 Å². The van der Waals surface area contributed by atoms with Gasteiger partial charge in [0.05, 0.1) is 11.3 Å². The monoisotopic (exact) mass is 290 g/mol. The van der Waals surface area contributed by atoms with Gasteiger partial charge in [-0.1, -0.05) is 11.6 Å². The van der Waals surface area contributed by atoms with Crippen molar-refractivity contribution in [3.8, 4) is 0 Å². The maximum atomic E-state index is 11.1. The molecule has 0 radical (unpaired) electrons. The Balaban J connectivity index is 2.30. The van der Waals surface area contributed by atoms with Crippen LogP contribution in [0.3, 0.4) is 0 Å². The molecule has 0 aromatic heterocycles. The summed E-state index contributed by atoms with van der Waals surface area (Å²) in [4.78, 5) is 22.1. The van der Waals surface area contributed by atoms with Crippen molar-refractivity contribution >= 4 is 34.9 Å². The fourth-order valence-corrected chi connectivity index (χ4v) is 1.85. The number of benzene rings is 2. The predicted octanol–water partition coefficient (Wildman–Crippen LogP) is 2.88. The maximum Gasteiger partial charge on any atom is 0.337 e. The Morgan fingerprint density at radius 1 is 1.10 bits per heavy atom. The lowest BCUT2D eigenvalue weighted by molar-refractivity contribution is 0.0697. The quantitative estimate of drug-likeness (QED) is 0.807. The van der Waals surface area contributed by atoms with E-state index in [0.717, 1.165) is 0 Å². The molecule has 6 heteroatoms. The molecular weight excluding hydrogens is 280 g/mol. The summed E-state index contributed by atoms with van der Waals surface area (Å²) in [6.07, 6.45) is 0. The largest absolute Gasteiger partial charge is 0.478 e. The molecule has 0 heterocycles. The van der Waals surface area contributed by atoms with E-state index in [9.17, 15) is 9.59 Å². The summed E-state index contributed by atoms with van der Waals surface area (Å²) in [5.41, 5.74) is 6.64. The molecule has 0 saturated heterocycles. The van der Waals surface area contributed by atoms with Crippen LogP contribution in [0.25, 0.3) is 0 Å². The lowest BCUT2D eigenvalue weighted by Crippen LogP contribution is -2.10. The molecule has 0 aliphatic carbocycles. The van der Waals surface area contributed by atoms with Crippen LogP contribution >= 0.6 is 11.6 Å². The number of amides is 1. The highest BCUT2D eigenvalue weighted by molar-refractivity contribution is 6.31.